The van der Waals surface area contributed by atoms with E-state index < -0.39 is 0 Å². The number of rotatable bonds is 4. The zero-order valence-electron chi connectivity index (χ0n) is 16.0. The third-order valence-electron chi connectivity index (χ3n) is 5.81. The van der Waals surface area contributed by atoms with Crippen LogP contribution in [-0.4, -0.2) is 34.7 Å². The van der Waals surface area contributed by atoms with Crippen molar-refractivity contribution in [1.82, 2.24) is 9.80 Å². The summed E-state index contributed by atoms with van der Waals surface area (Å²) in [5.41, 5.74) is 2.52. The van der Waals surface area contributed by atoms with Crippen LogP contribution in [0.15, 0.2) is 40.4 Å². The summed E-state index contributed by atoms with van der Waals surface area (Å²) < 4.78 is 0. The molecule has 5 rings (SSSR count). The van der Waals surface area contributed by atoms with Crippen LogP contribution in [0.3, 0.4) is 0 Å². The van der Waals surface area contributed by atoms with Gasteiger partial charge in [-0.25, -0.2) is 0 Å². The van der Waals surface area contributed by atoms with Crippen LogP contribution in [0.1, 0.15) is 44.6 Å². The molecule has 2 aliphatic heterocycles. The summed E-state index contributed by atoms with van der Waals surface area (Å²) in [6.45, 7) is 2.18. The van der Waals surface area contributed by atoms with Gasteiger partial charge in [-0.1, -0.05) is 6.07 Å². The van der Waals surface area contributed by atoms with Gasteiger partial charge in [-0.05, 0) is 58.3 Å². The van der Waals surface area contributed by atoms with E-state index in [0.717, 1.165) is 25.9 Å². The van der Waals surface area contributed by atoms with Gasteiger partial charge in [0.1, 0.15) is 0 Å². The molecule has 0 saturated carbocycles. The average Bonchev–Trinajstić information content (AvgIpc) is 3.51. The maximum Gasteiger partial charge on any atom is 0.223 e. The molecule has 0 saturated heterocycles. The first-order chi connectivity index (χ1) is 14.2. The van der Waals surface area contributed by atoms with Crippen molar-refractivity contribution in [1.29, 1.82) is 0 Å². The van der Waals surface area contributed by atoms with Gasteiger partial charge in [0.2, 0.25) is 11.8 Å². The number of hydrogen-bond acceptors (Lipinski definition) is 5. The average molecular weight is 443 g/mol. The molecule has 0 radical (unpaired) electrons. The van der Waals surface area contributed by atoms with Gasteiger partial charge in [-0.2, -0.15) is 0 Å². The van der Waals surface area contributed by atoms with Crippen molar-refractivity contribution >= 4 is 45.8 Å². The molecule has 29 heavy (non-hydrogen) atoms. The van der Waals surface area contributed by atoms with E-state index in [9.17, 15) is 9.59 Å². The number of carbonyl (C=O) groups is 2. The highest BCUT2D eigenvalue weighted by Gasteiger charge is 2.33. The Kier molecular flexibility index (Phi) is 5.28. The second-order valence-electron chi connectivity index (χ2n) is 7.49. The number of hydrogen-bond donors (Lipinski definition) is 0. The van der Waals surface area contributed by atoms with Gasteiger partial charge in [0.25, 0.3) is 0 Å². The van der Waals surface area contributed by atoms with Gasteiger partial charge in [-0.3, -0.25) is 9.59 Å². The minimum absolute atomic E-state index is 0.00375. The van der Waals surface area contributed by atoms with Gasteiger partial charge in [0.05, 0.1) is 6.04 Å². The summed E-state index contributed by atoms with van der Waals surface area (Å²) in [5, 5.41) is 6.29. The first-order valence-electron chi connectivity index (χ1n) is 9.93. The van der Waals surface area contributed by atoms with E-state index in [4.69, 9.17) is 0 Å². The quantitative estimate of drug-likeness (QED) is 0.587. The van der Waals surface area contributed by atoms with Crippen molar-refractivity contribution in [2.75, 3.05) is 13.1 Å². The summed E-state index contributed by atoms with van der Waals surface area (Å²) in [6, 6.07) is 8.42. The van der Waals surface area contributed by atoms with E-state index >= 15 is 0 Å². The SMILES string of the molecule is O=C(CCC(=O)N1CCc2sccc2C1c1cccs1)N1CCc2sccc2C1. The highest BCUT2D eigenvalue weighted by atomic mass is 32.1. The van der Waals surface area contributed by atoms with Crippen LogP contribution in [0.25, 0.3) is 0 Å². The molecule has 3 aromatic heterocycles. The van der Waals surface area contributed by atoms with Crippen molar-refractivity contribution < 1.29 is 9.59 Å². The van der Waals surface area contributed by atoms with Crippen LogP contribution in [0.5, 0.6) is 0 Å². The van der Waals surface area contributed by atoms with E-state index in [1.165, 1.54) is 25.8 Å². The third-order valence-corrected chi connectivity index (χ3v) is 8.76. The maximum absolute atomic E-state index is 13.1. The number of thiophene rings is 3. The molecule has 1 atom stereocenters. The van der Waals surface area contributed by atoms with Crippen LogP contribution in [0.4, 0.5) is 0 Å². The highest BCUT2D eigenvalue weighted by molar-refractivity contribution is 7.11. The zero-order chi connectivity index (χ0) is 19.8. The molecule has 0 spiro atoms. The van der Waals surface area contributed by atoms with Gasteiger partial charge in [0.15, 0.2) is 0 Å². The van der Waals surface area contributed by atoms with Crippen molar-refractivity contribution in [2.45, 2.75) is 38.3 Å². The Labute approximate surface area is 182 Å². The van der Waals surface area contributed by atoms with E-state index in [2.05, 4.69) is 34.3 Å². The molecule has 7 heteroatoms. The Bertz CT molecular complexity index is 1020. The second-order valence-corrected chi connectivity index (χ2v) is 10.5. The molecule has 3 aromatic rings. The minimum atomic E-state index is -0.00375. The van der Waals surface area contributed by atoms with Crippen molar-refractivity contribution in [3.05, 3.63) is 66.2 Å². The predicted molar refractivity (Wildman–Crippen MR) is 119 cm³/mol. The summed E-state index contributed by atoms with van der Waals surface area (Å²) >= 11 is 5.25. The van der Waals surface area contributed by atoms with Gasteiger partial charge >= 0.3 is 0 Å². The number of carbonyl (C=O) groups excluding carboxylic acids is 2. The smallest absolute Gasteiger partial charge is 0.223 e. The Hall–Kier alpha value is -1.96. The Morgan fingerprint density at radius 3 is 2.55 bits per heavy atom. The monoisotopic (exact) mass is 442 g/mol. The summed E-state index contributed by atoms with van der Waals surface area (Å²) in [7, 11) is 0. The second kappa shape index (κ2) is 8.05. The number of fused-ring (bicyclic) bond motifs is 2. The first-order valence-corrected chi connectivity index (χ1v) is 12.6. The summed E-state index contributed by atoms with van der Waals surface area (Å²) in [4.78, 5) is 33.8. The predicted octanol–water partition coefficient (Wildman–Crippen LogP) is 4.71. The molecule has 2 aliphatic rings. The van der Waals surface area contributed by atoms with Gasteiger partial charge in [0, 0.05) is 47.1 Å². The standard InChI is InChI=1S/C22H22N2O2S3/c25-20(23-9-5-17-15(14-23)7-12-28-17)3-4-21(26)24-10-6-18-16(8-13-29-18)22(24)19-2-1-11-27-19/h1-2,7-8,11-13,22H,3-6,9-10,14H2. The van der Waals surface area contributed by atoms with Gasteiger partial charge < -0.3 is 9.80 Å². The van der Waals surface area contributed by atoms with E-state index in [1.807, 2.05) is 15.9 Å². The fourth-order valence-electron chi connectivity index (χ4n) is 4.32. The van der Waals surface area contributed by atoms with Crippen LogP contribution in [-0.2, 0) is 29.0 Å². The molecule has 0 aliphatic carbocycles. The molecule has 150 valence electrons. The lowest BCUT2D eigenvalue weighted by molar-refractivity contribution is -0.138. The summed E-state index contributed by atoms with van der Waals surface area (Å²) in [6.07, 6.45) is 2.41. The summed E-state index contributed by atoms with van der Waals surface area (Å²) in [5.74, 6) is 0.179. The van der Waals surface area contributed by atoms with Crippen molar-refractivity contribution in [3.63, 3.8) is 0 Å². The Morgan fingerprint density at radius 2 is 1.69 bits per heavy atom. The minimum Gasteiger partial charge on any atom is -0.338 e. The lowest BCUT2D eigenvalue weighted by atomic mass is 9.98. The molecule has 5 heterocycles. The van der Waals surface area contributed by atoms with Gasteiger partial charge in [-0.15, -0.1) is 34.0 Å². The molecular formula is C22H22N2O2S3. The highest BCUT2D eigenvalue weighted by Crippen LogP contribution is 2.39. The molecule has 0 fully saturated rings. The molecule has 0 aromatic carbocycles. The van der Waals surface area contributed by atoms with Crippen molar-refractivity contribution in [3.8, 4) is 0 Å². The third kappa shape index (κ3) is 3.67. The molecule has 2 amide bonds. The molecule has 1 unspecified atom stereocenters. The van der Waals surface area contributed by atoms with Crippen molar-refractivity contribution in [2.24, 2.45) is 0 Å². The van der Waals surface area contributed by atoms with E-state index in [1.54, 1.807) is 34.0 Å². The normalized spacial score (nSPS) is 18.4. The van der Waals surface area contributed by atoms with Crippen LogP contribution < -0.4 is 0 Å². The molecule has 4 nitrogen and oxygen atoms in total. The Balaban J connectivity index is 1.26. The van der Waals surface area contributed by atoms with E-state index in [0.29, 0.717) is 13.0 Å². The molecular weight excluding hydrogens is 420 g/mol. The fourth-order valence-corrected chi connectivity index (χ4v) is 6.96. The first kappa shape index (κ1) is 19.0. The lowest BCUT2D eigenvalue weighted by Gasteiger charge is -2.35. The number of nitrogens with zero attached hydrogens (tertiary/aromatic N) is 2. The molecule has 0 bridgehead atoms. The van der Waals surface area contributed by atoms with E-state index in [-0.39, 0.29) is 24.3 Å². The lowest BCUT2D eigenvalue weighted by Crippen LogP contribution is -2.41. The fraction of sp³-hybridized carbons (Fsp3) is 0.364. The topological polar surface area (TPSA) is 40.6 Å². The Morgan fingerprint density at radius 1 is 0.897 bits per heavy atom. The number of amides is 2. The largest absolute Gasteiger partial charge is 0.338 e. The van der Waals surface area contributed by atoms with Crippen LogP contribution in [0.2, 0.25) is 0 Å². The van der Waals surface area contributed by atoms with Crippen LogP contribution >= 0.6 is 34.0 Å². The maximum atomic E-state index is 13.1. The zero-order valence-corrected chi connectivity index (χ0v) is 18.5. The van der Waals surface area contributed by atoms with Crippen LogP contribution in [0, 0.1) is 0 Å². The molecule has 0 N–H and O–H groups in total.